The maximum Gasteiger partial charge on any atom is 0.344 e. The summed E-state index contributed by atoms with van der Waals surface area (Å²) in [5.41, 5.74) is -0.617. The Morgan fingerprint density at radius 2 is 1.90 bits per heavy atom. The third kappa shape index (κ3) is 5.91. The molecule has 7 nitrogen and oxygen atoms in total. The number of carbonyl (C=O) groups excluding carboxylic acids is 3. The van der Waals surface area contributed by atoms with E-state index in [1.807, 2.05) is 37.3 Å². The first kappa shape index (κ1) is 28.9. The van der Waals surface area contributed by atoms with Gasteiger partial charge in [-0.25, -0.2) is 9.59 Å². The molecule has 3 fully saturated rings. The monoisotopic (exact) mass is 536 g/mol. The number of hydrogen-bond acceptors (Lipinski definition) is 7. The fourth-order valence-corrected chi connectivity index (χ4v) is 6.88. The number of ether oxygens (including phenoxy) is 4. The fraction of sp³-hybridized carbons (Fsp3) is 0.594. The summed E-state index contributed by atoms with van der Waals surface area (Å²) in [7, 11) is 0. The van der Waals surface area contributed by atoms with Crippen LogP contribution < -0.4 is 0 Å². The summed E-state index contributed by atoms with van der Waals surface area (Å²) in [4.78, 5) is 37.8. The average Bonchev–Trinajstić information content (AvgIpc) is 3.42. The summed E-state index contributed by atoms with van der Waals surface area (Å²) in [6, 6.07) is 9.61. The normalized spacial score (nSPS) is 33.0. The van der Waals surface area contributed by atoms with Gasteiger partial charge in [-0.15, -0.1) is 12.3 Å². The van der Waals surface area contributed by atoms with E-state index in [2.05, 4.69) is 26.7 Å². The first-order chi connectivity index (χ1) is 18.6. The molecule has 1 unspecified atom stereocenters. The molecule has 7 atom stereocenters. The molecule has 39 heavy (non-hydrogen) atoms. The Labute approximate surface area is 231 Å². The molecule has 1 aliphatic carbocycles. The van der Waals surface area contributed by atoms with Crippen molar-refractivity contribution in [2.24, 2.45) is 23.7 Å². The summed E-state index contributed by atoms with van der Waals surface area (Å²) in [5.74, 6) is 1.44. The van der Waals surface area contributed by atoms with Crippen LogP contribution >= 0.6 is 0 Å². The van der Waals surface area contributed by atoms with Gasteiger partial charge in [0.1, 0.15) is 23.4 Å². The van der Waals surface area contributed by atoms with E-state index in [4.69, 9.17) is 25.4 Å². The molecule has 2 saturated heterocycles. The van der Waals surface area contributed by atoms with Crippen LogP contribution in [0.15, 0.2) is 36.4 Å². The first-order valence-corrected chi connectivity index (χ1v) is 14.0. The minimum Gasteiger partial charge on any atom is -0.457 e. The maximum absolute atomic E-state index is 13.1. The number of terminal acetylenes is 1. The standard InChI is InChI=1S/C32H40O7/c1-6-7-9-14-26(33)36-20-28(35)37-25-19-32(21(2)3)30(29-22(4)15-17-24(29)31(25,5)39-32)38-27(34)18-16-23-12-10-8-11-13-23/h1,8,10-13,16,18,21-22,24-25,29-30H,7,9,14-15,17,19-20H2,2-5H3/t22-,24-,25-,29-,30+,31?,32-/m1/s1. The lowest BCUT2D eigenvalue weighted by Crippen LogP contribution is -2.62. The number of unbranched alkanes of at least 4 members (excludes halogenated alkanes) is 1. The van der Waals surface area contributed by atoms with Gasteiger partial charge in [-0.05, 0) is 55.6 Å². The summed E-state index contributed by atoms with van der Waals surface area (Å²) in [6.07, 6.45) is 10.8. The molecule has 2 bridgehead atoms. The highest BCUT2D eigenvalue weighted by Crippen LogP contribution is 2.63. The van der Waals surface area contributed by atoms with Crippen LogP contribution in [-0.4, -0.2) is 47.9 Å². The molecule has 1 aromatic carbocycles. The van der Waals surface area contributed by atoms with Gasteiger partial charge in [0, 0.05) is 31.3 Å². The second-order valence-corrected chi connectivity index (χ2v) is 11.6. The predicted octanol–water partition coefficient (Wildman–Crippen LogP) is 5.12. The Bertz CT molecular complexity index is 1120. The molecular formula is C32H40O7. The molecule has 4 rings (SSSR count). The van der Waals surface area contributed by atoms with Crippen molar-refractivity contribution in [3.63, 3.8) is 0 Å². The van der Waals surface area contributed by atoms with Crippen molar-refractivity contribution >= 4 is 24.0 Å². The Hall–Kier alpha value is -3.11. The van der Waals surface area contributed by atoms with Crippen LogP contribution in [0.4, 0.5) is 0 Å². The number of rotatable bonds is 10. The van der Waals surface area contributed by atoms with E-state index < -0.39 is 47.9 Å². The predicted molar refractivity (Wildman–Crippen MR) is 146 cm³/mol. The van der Waals surface area contributed by atoms with E-state index in [0.717, 1.165) is 18.4 Å². The SMILES string of the molecule is C#CCCCC(=O)OCC(=O)O[C@@H]1C[C@]2(C(C)C)OC1(C)[C@@H]1CC[C@@H](C)[C@H]1[C@@H]2OC(=O)C=Cc1ccccc1. The zero-order chi connectivity index (χ0) is 28.2. The highest BCUT2D eigenvalue weighted by Gasteiger charge is 2.72. The molecular weight excluding hydrogens is 496 g/mol. The van der Waals surface area contributed by atoms with Crippen LogP contribution in [0.5, 0.6) is 0 Å². The second kappa shape index (κ2) is 12.0. The summed E-state index contributed by atoms with van der Waals surface area (Å²) in [6.45, 7) is 7.88. The van der Waals surface area contributed by atoms with Gasteiger partial charge in [0.05, 0.1) is 0 Å². The quantitative estimate of drug-likeness (QED) is 0.135. The van der Waals surface area contributed by atoms with Crippen LogP contribution in [0.25, 0.3) is 6.08 Å². The van der Waals surface area contributed by atoms with Crippen molar-refractivity contribution in [2.45, 2.75) is 89.6 Å². The Balaban J connectivity index is 1.51. The summed E-state index contributed by atoms with van der Waals surface area (Å²) >= 11 is 0. The summed E-state index contributed by atoms with van der Waals surface area (Å²) in [5, 5.41) is 0. The van der Waals surface area contributed by atoms with E-state index in [9.17, 15) is 14.4 Å². The van der Waals surface area contributed by atoms with Gasteiger partial charge in [0.2, 0.25) is 0 Å². The molecule has 210 valence electrons. The molecule has 0 radical (unpaired) electrons. The Morgan fingerprint density at radius 3 is 2.59 bits per heavy atom. The Kier molecular flexibility index (Phi) is 8.86. The summed E-state index contributed by atoms with van der Waals surface area (Å²) < 4.78 is 24.2. The lowest BCUT2D eigenvalue weighted by atomic mass is 9.69. The van der Waals surface area contributed by atoms with E-state index >= 15 is 0 Å². The number of esters is 3. The van der Waals surface area contributed by atoms with Gasteiger partial charge >= 0.3 is 17.9 Å². The molecule has 1 aromatic rings. The first-order valence-electron chi connectivity index (χ1n) is 14.0. The van der Waals surface area contributed by atoms with E-state index in [1.165, 1.54) is 6.08 Å². The largest absolute Gasteiger partial charge is 0.457 e. The number of hydrogen-bond donors (Lipinski definition) is 0. The topological polar surface area (TPSA) is 88.1 Å². The lowest BCUT2D eigenvalue weighted by molar-refractivity contribution is -0.264. The minimum atomic E-state index is -0.804. The van der Waals surface area contributed by atoms with Crippen LogP contribution in [0, 0.1) is 36.0 Å². The minimum absolute atomic E-state index is 0.000776. The molecule has 0 spiro atoms. The number of fused-ring (bicyclic) bond motifs is 4. The van der Waals surface area contributed by atoms with Crippen molar-refractivity contribution in [2.75, 3.05) is 6.61 Å². The molecule has 0 aromatic heterocycles. The fourth-order valence-electron chi connectivity index (χ4n) is 6.88. The van der Waals surface area contributed by atoms with Crippen LogP contribution in [0.3, 0.4) is 0 Å². The molecule has 7 heteroatoms. The average molecular weight is 537 g/mol. The van der Waals surface area contributed by atoms with Gasteiger partial charge in [-0.1, -0.05) is 51.1 Å². The van der Waals surface area contributed by atoms with Crippen molar-refractivity contribution in [1.82, 2.24) is 0 Å². The number of carbonyl (C=O) groups is 3. The third-order valence-electron chi connectivity index (χ3n) is 8.93. The van der Waals surface area contributed by atoms with Crippen molar-refractivity contribution < 1.29 is 33.3 Å². The van der Waals surface area contributed by atoms with Crippen LogP contribution in [0.1, 0.15) is 71.8 Å². The van der Waals surface area contributed by atoms with Gasteiger partial charge in [-0.3, -0.25) is 4.79 Å². The molecule has 3 aliphatic rings. The molecule has 0 N–H and O–H groups in total. The van der Waals surface area contributed by atoms with Crippen molar-refractivity contribution in [3.05, 3.63) is 42.0 Å². The van der Waals surface area contributed by atoms with Crippen LogP contribution in [0.2, 0.25) is 0 Å². The Morgan fingerprint density at radius 1 is 1.15 bits per heavy atom. The molecule has 2 aliphatic heterocycles. The van der Waals surface area contributed by atoms with Gasteiger partial charge < -0.3 is 18.9 Å². The molecule has 2 heterocycles. The van der Waals surface area contributed by atoms with E-state index in [0.29, 0.717) is 25.2 Å². The maximum atomic E-state index is 13.1. The number of benzene rings is 1. The highest BCUT2D eigenvalue weighted by molar-refractivity contribution is 5.87. The third-order valence-corrected chi connectivity index (χ3v) is 8.93. The lowest BCUT2D eigenvalue weighted by Gasteiger charge is -2.52. The molecule has 1 saturated carbocycles. The highest BCUT2D eigenvalue weighted by atomic mass is 16.6. The zero-order valence-electron chi connectivity index (χ0n) is 23.4. The zero-order valence-corrected chi connectivity index (χ0v) is 23.4. The second-order valence-electron chi connectivity index (χ2n) is 11.6. The smallest absolute Gasteiger partial charge is 0.344 e. The van der Waals surface area contributed by atoms with Gasteiger partial charge in [0.25, 0.3) is 0 Å². The van der Waals surface area contributed by atoms with Crippen molar-refractivity contribution in [3.8, 4) is 12.3 Å². The van der Waals surface area contributed by atoms with E-state index in [-0.39, 0.29) is 24.2 Å². The van der Waals surface area contributed by atoms with Gasteiger partial charge in [-0.2, -0.15) is 0 Å². The van der Waals surface area contributed by atoms with Gasteiger partial charge in [0.15, 0.2) is 6.61 Å². The van der Waals surface area contributed by atoms with E-state index in [1.54, 1.807) is 6.08 Å². The van der Waals surface area contributed by atoms with Crippen molar-refractivity contribution in [1.29, 1.82) is 0 Å². The molecule has 0 amide bonds. The van der Waals surface area contributed by atoms with Crippen LogP contribution in [-0.2, 0) is 33.3 Å².